The second kappa shape index (κ2) is 10.3. The summed E-state index contributed by atoms with van der Waals surface area (Å²) >= 11 is 0. The summed E-state index contributed by atoms with van der Waals surface area (Å²) in [5.41, 5.74) is 9.32. The Kier molecular flexibility index (Phi) is 6.69. The maximum absolute atomic E-state index is 13.5. The van der Waals surface area contributed by atoms with Crippen molar-refractivity contribution >= 4 is 17.5 Å². The van der Waals surface area contributed by atoms with Crippen LogP contribution in [0.2, 0.25) is 0 Å². The lowest BCUT2D eigenvalue weighted by Crippen LogP contribution is -2.45. The number of nitrogens with one attached hydrogen (secondary N) is 1. The van der Waals surface area contributed by atoms with Crippen molar-refractivity contribution in [3.8, 4) is 11.1 Å². The lowest BCUT2D eigenvalue weighted by molar-refractivity contribution is -0.121. The van der Waals surface area contributed by atoms with E-state index in [4.69, 9.17) is 0 Å². The summed E-state index contributed by atoms with van der Waals surface area (Å²) in [5, 5.41) is 3.18. The minimum Gasteiger partial charge on any atom is -0.371 e. The summed E-state index contributed by atoms with van der Waals surface area (Å²) in [6, 6.07) is 21.2. The summed E-state index contributed by atoms with van der Waals surface area (Å²) in [5.74, 6) is 0.0350. The molecular weight excluding hydrogens is 470 g/mol. The predicted molar refractivity (Wildman–Crippen MR) is 153 cm³/mol. The number of benzene rings is 3. The molecule has 1 fully saturated rings. The van der Waals surface area contributed by atoms with Crippen LogP contribution in [0.15, 0.2) is 60.7 Å². The van der Waals surface area contributed by atoms with Gasteiger partial charge in [-0.1, -0.05) is 68.8 Å². The summed E-state index contributed by atoms with van der Waals surface area (Å²) in [6.07, 6.45) is 4.82. The Balaban J connectivity index is 1.29. The van der Waals surface area contributed by atoms with Crippen molar-refractivity contribution in [1.29, 1.82) is 0 Å². The monoisotopic (exact) mass is 507 g/mol. The lowest BCUT2D eigenvalue weighted by Gasteiger charge is -2.39. The minimum atomic E-state index is -0.257. The number of rotatable bonds is 7. The summed E-state index contributed by atoms with van der Waals surface area (Å²) in [4.78, 5) is 31.2. The Bertz CT molecular complexity index is 1370. The van der Waals surface area contributed by atoms with Crippen LogP contribution >= 0.6 is 0 Å². The predicted octanol–water partition coefficient (Wildman–Crippen LogP) is 5.90. The molecule has 1 unspecified atom stereocenters. The maximum atomic E-state index is 13.5. The first-order valence-corrected chi connectivity index (χ1v) is 14.3. The molecule has 0 radical (unpaired) electrons. The van der Waals surface area contributed by atoms with E-state index in [1.165, 1.54) is 27.9 Å². The van der Waals surface area contributed by atoms with Crippen molar-refractivity contribution in [3.63, 3.8) is 0 Å². The Labute approximate surface area is 225 Å². The number of fused-ring (bicyclic) bond motifs is 4. The standard InChI is InChI=1S/C33H37N3O2/c1-3-9-28-29(35-19-16-23(17-20-35)36-21-22-10-5-6-11-24(22)33(36)38)15-14-27-25-12-7-8-13-26(25)31(30(27)28)32(37)34-18-4-2/h5-8,10-15,23,31H,3-4,9,16-21H2,1-2H3,(H,34,37). The quantitative estimate of drug-likeness (QED) is 0.433. The van der Waals surface area contributed by atoms with Gasteiger partial charge in [0.25, 0.3) is 5.91 Å². The number of anilines is 1. The maximum Gasteiger partial charge on any atom is 0.254 e. The number of hydrogen-bond acceptors (Lipinski definition) is 3. The summed E-state index contributed by atoms with van der Waals surface area (Å²) in [7, 11) is 0. The molecule has 2 heterocycles. The molecule has 5 heteroatoms. The van der Waals surface area contributed by atoms with Crippen molar-refractivity contribution in [3.05, 3.63) is 88.5 Å². The smallest absolute Gasteiger partial charge is 0.254 e. The zero-order valence-electron chi connectivity index (χ0n) is 22.5. The molecule has 2 aliphatic heterocycles. The third kappa shape index (κ3) is 4.09. The van der Waals surface area contributed by atoms with Crippen LogP contribution in [-0.4, -0.2) is 42.4 Å². The number of carbonyl (C=O) groups excluding carboxylic acids is 2. The fourth-order valence-electron chi connectivity index (χ4n) is 6.79. The van der Waals surface area contributed by atoms with Crippen LogP contribution in [0.25, 0.3) is 11.1 Å². The number of amides is 2. The Morgan fingerprint density at radius 3 is 2.37 bits per heavy atom. The van der Waals surface area contributed by atoms with Gasteiger partial charge >= 0.3 is 0 Å². The van der Waals surface area contributed by atoms with Crippen LogP contribution < -0.4 is 10.2 Å². The molecule has 0 bridgehead atoms. The van der Waals surface area contributed by atoms with Crippen molar-refractivity contribution in [2.75, 3.05) is 24.5 Å². The van der Waals surface area contributed by atoms with Crippen molar-refractivity contribution < 1.29 is 9.59 Å². The van der Waals surface area contributed by atoms with Crippen molar-refractivity contribution in [2.24, 2.45) is 0 Å². The average molecular weight is 508 g/mol. The Morgan fingerprint density at radius 1 is 0.895 bits per heavy atom. The van der Waals surface area contributed by atoms with Crippen LogP contribution in [0, 0.1) is 0 Å². The van der Waals surface area contributed by atoms with Gasteiger partial charge in [0.2, 0.25) is 5.91 Å². The van der Waals surface area contributed by atoms with Gasteiger partial charge in [0, 0.05) is 43.5 Å². The Morgan fingerprint density at radius 2 is 1.63 bits per heavy atom. The second-order valence-electron chi connectivity index (χ2n) is 10.9. The van der Waals surface area contributed by atoms with Gasteiger partial charge in [-0.05, 0) is 71.2 Å². The van der Waals surface area contributed by atoms with E-state index in [2.05, 4.69) is 65.4 Å². The van der Waals surface area contributed by atoms with Crippen molar-refractivity contribution in [2.45, 2.75) is 64.5 Å². The SMILES string of the molecule is CCCNC(=O)C1c2ccccc2-c2ccc(N3CCC(N4Cc5ccccc5C4=O)CC3)c(CCC)c21. The highest BCUT2D eigenvalue weighted by Gasteiger charge is 2.38. The molecule has 5 nitrogen and oxygen atoms in total. The summed E-state index contributed by atoms with van der Waals surface area (Å²) < 4.78 is 0. The molecule has 2 amide bonds. The van der Waals surface area contributed by atoms with E-state index in [1.807, 2.05) is 24.3 Å². The first kappa shape index (κ1) is 24.7. The van der Waals surface area contributed by atoms with Gasteiger partial charge in [-0.2, -0.15) is 0 Å². The Hall–Kier alpha value is -3.60. The van der Waals surface area contributed by atoms with Gasteiger partial charge in [0.05, 0.1) is 5.92 Å². The van der Waals surface area contributed by atoms with Crippen LogP contribution in [-0.2, 0) is 17.8 Å². The zero-order chi connectivity index (χ0) is 26.2. The van der Waals surface area contributed by atoms with Crippen LogP contribution in [0.1, 0.15) is 78.1 Å². The fraction of sp³-hybridized carbons (Fsp3) is 0.394. The molecule has 38 heavy (non-hydrogen) atoms. The van der Waals surface area contributed by atoms with Gasteiger partial charge in [0.1, 0.15) is 0 Å². The zero-order valence-corrected chi connectivity index (χ0v) is 22.5. The van der Waals surface area contributed by atoms with E-state index < -0.39 is 0 Å². The third-order valence-electron chi connectivity index (χ3n) is 8.59. The highest BCUT2D eigenvalue weighted by atomic mass is 16.2. The van der Waals surface area contributed by atoms with E-state index >= 15 is 0 Å². The van der Waals surface area contributed by atoms with Crippen molar-refractivity contribution in [1.82, 2.24) is 10.2 Å². The molecule has 196 valence electrons. The second-order valence-corrected chi connectivity index (χ2v) is 10.9. The van der Waals surface area contributed by atoms with Gasteiger partial charge in [-0.3, -0.25) is 9.59 Å². The first-order chi connectivity index (χ1) is 18.6. The molecule has 3 aromatic rings. The van der Waals surface area contributed by atoms with E-state index in [0.717, 1.165) is 68.4 Å². The summed E-state index contributed by atoms with van der Waals surface area (Å²) in [6.45, 7) is 7.57. The topological polar surface area (TPSA) is 52.7 Å². The van der Waals surface area contributed by atoms with E-state index in [-0.39, 0.29) is 23.8 Å². The lowest BCUT2D eigenvalue weighted by atomic mass is 9.88. The van der Waals surface area contributed by atoms with Gasteiger partial charge < -0.3 is 15.1 Å². The molecule has 3 aromatic carbocycles. The molecule has 1 N–H and O–H groups in total. The first-order valence-electron chi connectivity index (χ1n) is 14.3. The van der Waals surface area contributed by atoms with Gasteiger partial charge in [-0.15, -0.1) is 0 Å². The molecule has 1 saturated heterocycles. The molecule has 6 rings (SSSR count). The molecule has 0 aromatic heterocycles. The van der Waals surface area contributed by atoms with Crippen LogP contribution in [0.3, 0.4) is 0 Å². The van der Waals surface area contributed by atoms with Gasteiger partial charge in [-0.25, -0.2) is 0 Å². The van der Waals surface area contributed by atoms with E-state index in [1.54, 1.807) is 0 Å². The molecule has 1 atom stereocenters. The molecule has 0 spiro atoms. The molecular formula is C33H37N3O2. The average Bonchev–Trinajstić information content (AvgIpc) is 3.47. The highest BCUT2D eigenvalue weighted by Crippen LogP contribution is 2.49. The van der Waals surface area contributed by atoms with Crippen LogP contribution in [0.5, 0.6) is 0 Å². The number of piperidine rings is 1. The number of hydrogen-bond donors (Lipinski definition) is 1. The van der Waals surface area contributed by atoms with Gasteiger partial charge in [0.15, 0.2) is 0 Å². The number of carbonyl (C=O) groups is 2. The molecule has 3 aliphatic rings. The van der Waals surface area contributed by atoms with E-state index in [9.17, 15) is 9.59 Å². The fourth-order valence-corrected chi connectivity index (χ4v) is 6.79. The van der Waals surface area contributed by atoms with Crippen LogP contribution in [0.4, 0.5) is 5.69 Å². The van der Waals surface area contributed by atoms with E-state index in [0.29, 0.717) is 6.54 Å². The third-order valence-corrected chi connectivity index (χ3v) is 8.59. The highest BCUT2D eigenvalue weighted by molar-refractivity contribution is 5.99. The number of nitrogens with zero attached hydrogens (tertiary/aromatic N) is 2. The molecule has 1 aliphatic carbocycles. The minimum absolute atomic E-state index is 0.110. The molecule has 0 saturated carbocycles. The largest absolute Gasteiger partial charge is 0.371 e. The normalized spacial score (nSPS) is 18.4.